The van der Waals surface area contributed by atoms with Crippen molar-refractivity contribution in [1.29, 1.82) is 0 Å². The third-order valence-electron chi connectivity index (χ3n) is 26.4. The van der Waals surface area contributed by atoms with Gasteiger partial charge in [-0.05, 0) is 152 Å². The van der Waals surface area contributed by atoms with Crippen LogP contribution in [0.2, 0.25) is 0 Å². The standard InChI is InChI=1S/C24H16N4O2.C24H18N4.C22H15N5.2C21H13N5/c1-13-21(18-8-4-5-9-20(18)25-13)24-26-22-17-7-3-2-6-15(17)16-11-10-14(28(29)30)12-19(16)23(22)27-24;1-13-21(18-8-4-5-9-20(18)26-13)24-27-22-17-7-3-2-6-15(17)16-11-10-14(25)12-19(16)23(22)28-24;1-12-17(13-6-2-3-9-16(13)25-12)22-26-20-14-7-4-10-23-18(14)19-15(21(20)27-22)8-5-11-24-19;1-2-8-16-12(5-1)15(11-24-16)21-25-19-13-6-3-9-22-17(13)18-14(20(19)26-21)7-4-10-23-18;1-2-8-16-12(5-1)15(11-24-16)21-25-19-17-13(6-3-9-22-17)14-7-4-10-23-18(14)20(19)26-21/h2-12,25H,1H3,(H,26,27);2-12,26H,25H2,1H3,(H,27,28);2-11,25H,1H3,(H,26,27);2*1-11,24H,(H,25,26). The minimum absolute atomic E-state index is 0.0619. The molecule has 30 rings (SSSR count). The van der Waals surface area contributed by atoms with Gasteiger partial charge in [0, 0.05) is 221 Å². The van der Waals surface area contributed by atoms with Crippen LogP contribution in [-0.2, 0) is 0 Å². The summed E-state index contributed by atoms with van der Waals surface area (Å²) in [7, 11) is 0. The average molecular weight is 1770 g/mol. The number of aromatic amines is 10. The van der Waals surface area contributed by atoms with E-state index >= 15 is 0 Å². The first-order chi connectivity index (χ1) is 67.4. The Balaban J connectivity index is 0.0000000888. The molecule has 0 aliphatic rings. The highest BCUT2D eigenvalue weighted by atomic mass is 16.6. The lowest BCUT2D eigenvalue weighted by Crippen LogP contribution is -1.89. The lowest BCUT2D eigenvalue weighted by atomic mass is 9.99. The molecule has 0 radical (unpaired) electrons. The van der Waals surface area contributed by atoms with E-state index < -0.39 is 0 Å². The third kappa shape index (κ3) is 12.7. The van der Waals surface area contributed by atoms with E-state index in [1.807, 2.05) is 165 Å². The molecule has 0 saturated heterocycles. The monoisotopic (exact) mass is 1770 g/mol. The molecular weight excluding hydrogens is 1700 g/mol. The fourth-order valence-corrected chi connectivity index (χ4v) is 20.4. The summed E-state index contributed by atoms with van der Waals surface area (Å²) in [6.45, 7) is 6.21. The predicted molar refractivity (Wildman–Crippen MR) is 554 cm³/mol. The largest absolute Gasteiger partial charge is 0.399 e. The van der Waals surface area contributed by atoms with Gasteiger partial charge in [0.15, 0.2) is 0 Å². The summed E-state index contributed by atoms with van der Waals surface area (Å²) in [6.07, 6.45) is 14.8. The van der Waals surface area contributed by atoms with Crippen LogP contribution >= 0.6 is 0 Å². The molecular formula is C112H75N23O2. The van der Waals surface area contributed by atoms with Gasteiger partial charge in [0.2, 0.25) is 0 Å². The zero-order chi connectivity index (χ0) is 91.4. The van der Waals surface area contributed by atoms with Gasteiger partial charge in [-0.15, -0.1) is 0 Å². The predicted octanol–water partition coefficient (Wildman–Crippen LogP) is 26.9. The number of aryl methyl sites for hydroxylation is 3. The first-order valence-electron chi connectivity index (χ1n) is 44.9. The number of benzene rings is 14. The number of nitrogens with one attached hydrogen (secondary N) is 10. The topological polar surface area (TPSA) is 369 Å². The molecule has 0 atom stereocenters. The van der Waals surface area contributed by atoms with Crippen molar-refractivity contribution in [1.82, 2.24) is 105 Å². The highest BCUT2D eigenvalue weighted by Gasteiger charge is 2.26. The van der Waals surface area contributed by atoms with Crippen LogP contribution in [0.4, 0.5) is 11.4 Å². The number of rotatable bonds is 6. The molecule has 12 N–H and O–H groups in total. The summed E-state index contributed by atoms with van der Waals surface area (Å²) in [4.78, 5) is 98.1. The van der Waals surface area contributed by atoms with Crippen LogP contribution in [0.1, 0.15) is 17.1 Å². The van der Waals surface area contributed by atoms with Gasteiger partial charge in [0.05, 0.1) is 87.7 Å². The van der Waals surface area contributed by atoms with E-state index in [1.165, 1.54) is 26.9 Å². The molecule has 137 heavy (non-hydrogen) atoms. The molecule has 650 valence electrons. The molecule has 0 amide bonds. The SMILES string of the molecule is Cc1[nH]c2ccccc2c1-c1nc2c3cc(N)ccc3c3ccccc3c2[nH]1.Cc1[nH]c2ccccc2c1-c1nc2c3cc([N+](=O)[O-])ccc3c3ccccc3c2[nH]1.Cc1[nH]c2ccccc2c1-c1nc2c3cccnc3c3ncccc3c2[nH]1.c1ccc2c(-c3nc4c5cccnc5c5ncccc5c4[nH]3)c[nH]c2c1.c1ccc2c(-c3nc4c5ncccc5c5cccnc5c4[nH]3)c[nH]c2c1. The molecule has 30 aromatic rings. The third-order valence-corrected chi connectivity index (χ3v) is 26.4. The first kappa shape index (κ1) is 78.8. The number of hydrogen-bond donors (Lipinski definition) is 11. The second kappa shape index (κ2) is 31.3. The van der Waals surface area contributed by atoms with Gasteiger partial charge < -0.3 is 55.6 Å². The smallest absolute Gasteiger partial charge is 0.270 e. The van der Waals surface area contributed by atoms with Crippen LogP contribution < -0.4 is 5.73 Å². The van der Waals surface area contributed by atoms with Gasteiger partial charge in [-0.3, -0.25) is 40.0 Å². The van der Waals surface area contributed by atoms with E-state index in [9.17, 15) is 10.1 Å². The Morgan fingerprint density at radius 3 is 0.971 bits per heavy atom. The maximum atomic E-state index is 11.4. The fraction of sp³-hybridized carbons (Fsp3) is 0.0268. The number of nitrogen functional groups attached to an aromatic ring is 1. The number of fused-ring (bicyclic) bond motifs is 35. The molecule has 0 aliphatic carbocycles. The number of hydrogen-bond acceptors (Lipinski definition) is 14. The Bertz CT molecular complexity index is 9800. The molecule has 0 spiro atoms. The summed E-state index contributed by atoms with van der Waals surface area (Å²) in [5.41, 5.74) is 35.6. The number of nitrogens with two attached hydrogens (primary N) is 1. The molecule has 0 fully saturated rings. The maximum Gasteiger partial charge on any atom is 0.270 e. The first-order valence-corrected chi connectivity index (χ1v) is 44.9. The van der Waals surface area contributed by atoms with E-state index in [0.29, 0.717) is 0 Å². The zero-order valence-electron chi connectivity index (χ0n) is 73.4. The van der Waals surface area contributed by atoms with Crippen LogP contribution in [0.15, 0.2) is 329 Å². The normalized spacial score (nSPS) is 11.8. The van der Waals surface area contributed by atoms with Crippen molar-refractivity contribution in [3.8, 4) is 56.9 Å². The van der Waals surface area contributed by atoms with E-state index in [1.54, 1.807) is 30.7 Å². The van der Waals surface area contributed by atoms with Crippen LogP contribution in [0.25, 0.3) is 275 Å². The highest BCUT2D eigenvalue weighted by Crippen LogP contribution is 2.45. The van der Waals surface area contributed by atoms with E-state index in [0.717, 1.165) is 271 Å². The summed E-state index contributed by atoms with van der Waals surface area (Å²) >= 11 is 0. The number of non-ortho nitro benzene ring substituents is 1. The quantitative estimate of drug-likeness (QED) is 0.0319. The van der Waals surface area contributed by atoms with Crippen molar-refractivity contribution in [2.75, 3.05) is 5.73 Å². The second-order valence-corrected chi connectivity index (χ2v) is 34.3. The second-order valence-electron chi connectivity index (χ2n) is 34.3. The molecule has 25 nitrogen and oxygen atoms in total. The minimum atomic E-state index is -0.363. The number of para-hydroxylation sites is 5. The number of nitrogens with zero attached hydrogens (tertiary/aromatic N) is 12. The van der Waals surface area contributed by atoms with Crippen LogP contribution in [-0.4, -0.2) is 110 Å². The number of pyridine rings is 6. The summed E-state index contributed by atoms with van der Waals surface area (Å²) in [5, 5.41) is 31.8. The number of nitro benzene ring substituents is 1. The number of H-pyrrole nitrogens is 10. The minimum Gasteiger partial charge on any atom is -0.399 e. The van der Waals surface area contributed by atoms with Crippen LogP contribution in [0.3, 0.4) is 0 Å². The van der Waals surface area contributed by atoms with Crippen molar-refractivity contribution < 1.29 is 4.92 Å². The van der Waals surface area contributed by atoms with Crippen molar-refractivity contribution in [2.24, 2.45) is 0 Å². The van der Waals surface area contributed by atoms with Gasteiger partial charge in [-0.1, -0.05) is 158 Å². The van der Waals surface area contributed by atoms with Gasteiger partial charge in [-0.25, -0.2) is 24.9 Å². The van der Waals surface area contributed by atoms with Crippen LogP contribution in [0, 0.1) is 30.9 Å². The number of anilines is 1. The fourth-order valence-electron chi connectivity index (χ4n) is 20.4. The Hall–Kier alpha value is -19.2. The number of nitro groups is 1. The lowest BCUT2D eigenvalue weighted by Gasteiger charge is -2.06. The molecule has 0 bridgehead atoms. The average Bonchev–Trinajstić information content (AvgIpc) is 1.55. The highest BCUT2D eigenvalue weighted by molar-refractivity contribution is 6.28. The zero-order valence-corrected chi connectivity index (χ0v) is 73.4. The Kier molecular flexibility index (Phi) is 18.0. The number of aromatic nitrogens is 21. The van der Waals surface area contributed by atoms with Crippen molar-refractivity contribution >= 4 is 230 Å². The lowest BCUT2D eigenvalue weighted by molar-refractivity contribution is -0.384. The number of imidazole rings is 5. The van der Waals surface area contributed by atoms with Gasteiger partial charge in [-0.2, -0.15) is 0 Å². The summed E-state index contributed by atoms with van der Waals surface area (Å²) < 4.78 is 0. The molecule has 0 aliphatic heterocycles. The van der Waals surface area contributed by atoms with Crippen molar-refractivity contribution in [3.05, 3.63) is 356 Å². The van der Waals surface area contributed by atoms with Gasteiger partial charge in [0.1, 0.15) is 34.6 Å². The Morgan fingerprint density at radius 1 is 0.241 bits per heavy atom. The van der Waals surface area contributed by atoms with Gasteiger partial charge >= 0.3 is 0 Å². The summed E-state index contributed by atoms with van der Waals surface area (Å²) in [6, 6.07) is 93.0. The van der Waals surface area contributed by atoms with Gasteiger partial charge in [0.25, 0.3) is 5.69 Å². The van der Waals surface area contributed by atoms with Crippen LogP contribution in [0.5, 0.6) is 0 Å². The van der Waals surface area contributed by atoms with E-state index in [2.05, 4.69) is 233 Å². The molecule has 16 heterocycles. The van der Waals surface area contributed by atoms with E-state index in [-0.39, 0.29) is 10.6 Å². The Morgan fingerprint density at radius 2 is 0.533 bits per heavy atom. The molecule has 14 aromatic carbocycles. The summed E-state index contributed by atoms with van der Waals surface area (Å²) in [5.74, 6) is 4.16. The van der Waals surface area contributed by atoms with Crippen molar-refractivity contribution in [3.63, 3.8) is 0 Å². The molecule has 0 unspecified atom stereocenters. The van der Waals surface area contributed by atoms with E-state index in [4.69, 9.17) is 30.7 Å². The molecule has 25 heteroatoms. The maximum absolute atomic E-state index is 11.4. The molecule has 0 saturated carbocycles. The Labute approximate surface area is 773 Å². The van der Waals surface area contributed by atoms with Crippen molar-refractivity contribution in [2.45, 2.75) is 20.8 Å². The molecule has 16 aromatic heterocycles.